The van der Waals surface area contributed by atoms with Crippen molar-refractivity contribution in [2.75, 3.05) is 0 Å². The van der Waals surface area contributed by atoms with Crippen LogP contribution in [0.5, 0.6) is 0 Å². The first-order chi connectivity index (χ1) is 4.83. The minimum atomic E-state index is -1.67. The number of rotatable bonds is 3. The summed E-state index contributed by atoms with van der Waals surface area (Å²) >= 11 is 0. The lowest BCUT2D eigenvalue weighted by atomic mass is 9.88. The van der Waals surface area contributed by atoms with Gasteiger partial charge in [0.2, 0.25) is 17.3 Å². The Morgan fingerprint density at radius 1 is 0.917 bits per heavy atom. The third-order valence-electron chi connectivity index (χ3n) is 1.80. The fourth-order valence-electron chi connectivity index (χ4n) is 0.744. The van der Waals surface area contributed by atoms with Crippen LogP contribution in [0.25, 0.3) is 0 Å². The largest absolute Gasteiger partial charge is 1.00 e. The zero-order valence-electron chi connectivity index (χ0n) is 7.31. The summed E-state index contributed by atoms with van der Waals surface area (Å²) in [4.78, 5) is 32.5. The molecule has 0 saturated carbocycles. The molecule has 0 saturated heterocycles. The molecule has 0 aliphatic carbocycles. The molecule has 4 nitrogen and oxygen atoms in total. The first-order valence-corrected chi connectivity index (χ1v) is 3.22. The van der Waals surface area contributed by atoms with Crippen molar-refractivity contribution < 1.29 is 37.1 Å². The number of ketones is 3. The van der Waals surface area contributed by atoms with Crippen LogP contribution in [0, 0.1) is 0 Å². The van der Waals surface area contributed by atoms with Crippen molar-refractivity contribution >= 4 is 17.3 Å². The van der Waals surface area contributed by atoms with E-state index in [0.29, 0.717) is 0 Å². The van der Waals surface area contributed by atoms with Crippen LogP contribution in [0.3, 0.4) is 0 Å². The van der Waals surface area contributed by atoms with Crippen LogP contribution in [0.1, 0.15) is 20.8 Å². The van der Waals surface area contributed by atoms with Gasteiger partial charge in [0.15, 0.2) is 0 Å². The van der Waals surface area contributed by atoms with Gasteiger partial charge < -0.3 is 22.7 Å². The summed E-state index contributed by atoms with van der Waals surface area (Å²) < 4.78 is 0. The molecule has 12 heavy (non-hydrogen) atoms. The number of hydrogen-bond donors (Lipinski definition) is 1. The maximum Gasteiger partial charge on any atom is 0.269 e. The highest BCUT2D eigenvalue weighted by atomic mass is 79.9. The van der Waals surface area contributed by atoms with Gasteiger partial charge in [-0.3, -0.25) is 14.4 Å². The van der Waals surface area contributed by atoms with E-state index in [9.17, 15) is 14.4 Å². The van der Waals surface area contributed by atoms with Crippen LogP contribution in [0.4, 0.5) is 0 Å². The molecular formula is C7H12BrNO3. The molecule has 0 aromatic rings. The van der Waals surface area contributed by atoms with Gasteiger partial charge in [0.1, 0.15) is 0 Å². The van der Waals surface area contributed by atoms with Gasteiger partial charge in [0.25, 0.3) is 5.54 Å². The number of Topliss-reactive ketones (excluding diaryl/α,β-unsaturated/α-hetero) is 3. The topological polar surface area (TPSA) is 78.8 Å². The van der Waals surface area contributed by atoms with E-state index in [1.807, 2.05) is 0 Å². The molecule has 0 aliphatic heterocycles. The third-order valence-corrected chi connectivity index (χ3v) is 1.80. The van der Waals surface area contributed by atoms with E-state index in [4.69, 9.17) is 0 Å². The van der Waals surface area contributed by atoms with E-state index >= 15 is 0 Å². The molecule has 0 aromatic heterocycles. The molecule has 0 amide bonds. The Morgan fingerprint density at radius 2 is 1.08 bits per heavy atom. The van der Waals surface area contributed by atoms with Gasteiger partial charge in [-0.25, -0.2) is 0 Å². The zero-order valence-corrected chi connectivity index (χ0v) is 8.90. The smallest absolute Gasteiger partial charge is 0.269 e. The molecule has 0 rings (SSSR count). The Labute approximate surface area is 81.3 Å². The predicted octanol–water partition coefficient (Wildman–Crippen LogP) is -4.26. The second kappa shape index (κ2) is 4.47. The number of carbonyl (C=O) groups excluding carboxylic acids is 3. The minimum Gasteiger partial charge on any atom is -1.00 e. The maximum atomic E-state index is 10.8. The fourth-order valence-corrected chi connectivity index (χ4v) is 0.744. The molecule has 0 spiro atoms. The number of hydrogen-bond acceptors (Lipinski definition) is 3. The molecule has 0 aromatic carbocycles. The lowest BCUT2D eigenvalue weighted by Gasteiger charge is -2.14. The number of quaternary nitrogens is 1. The molecule has 3 N–H and O–H groups in total. The minimum absolute atomic E-state index is 0. The van der Waals surface area contributed by atoms with E-state index in [2.05, 4.69) is 5.73 Å². The molecule has 0 bridgehead atoms. The van der Waals surface area contributed by atoms with Crippen molar-refractivity contribution in [2.24, 2.45) is 0 Å². The Hall–Kier alpha value is -0.550. The molecule has 0 heterocycles. The summed E-state index contributed by atoms with van der Waals surface area (Å²) in [6.45, 7) is 3.57. The summed E-state index contributed by atoms with van der Waals surface area (Å²) in [5.74, 6) is -1.51. The third kappa shape index (κ3) is 2.22. The quantitative estimate of drug-likeness (QED) is 0.506. The molecule has 0 fully saturated rings. The zero-order chi connectivity index (χ0) is 9.23. The first kappa shape index (κ1) is 14.0. The summed E-state index contributed by atoms with van der Waals surface area (Å²) in [6.07, 6.45) is 0. The monoisotopic (exact) mass is 237 g/mol. The van der Waals surface area contributed by atoms with Gasteiger partial charge in [0, 0.05) is 20.8 Å². The van der Waals surface area contributed by atoms with Gasteiger partial charge in [-0.2, -0.15) is 0 Å². The molecule has 0 aliphatic rings. The summed E-state index contributed by atoms with van der Waals surface area (Å²) in [5.41, 5.74) is 1.65. The molecular weight excluding hydrogens is 226 g/mol. The Bertz CT molecular complexity index is 189. The second-order valence-corrected chi connectivity index (χ2v) is 2.57. The summed E-state index contributed by atoms with van der Waals surface area (Å²) in [7, 11) is 0. The summed E-state index contributed by atoms with van der Waals surface area (Å²) in [5, 5.41) is 0. The highest BCUT2D eigenvalue weighted by Crippen LogP contribution is 2.02. The predicted molar refractivity (Wildman–Crippen MR) is 37.7 cm³/mol. The second-order valence-electron chi connectivity index (χ2n) is 2.57. The SMILES string of the molecule is CC(=O)C([NH3+])(C(C)=O)C(C)=O.[Br-]. The normalized spacial score (nSPS) is 10.0. The average molecular weight is 238 g/mol. The lowest BCUT2D eigenvalue weighted by molar-refractivity contribution is -0.420. The fraction of sp³-hybridized carbons (Fsp3) is 0.571. The standard InChI is InChI=1S/C7H11NO3.BrH/c1-4(9)7(8,5(2)10)6(3)11;/h8H2,1-3H3;1H. The van der Waals surface area contributed by atoms with Crippen LogP contribution in [0.2, 0.25) is 0 Å². The van der Waals surface area contributed by atoms with Crippen molar-refractivity contribution in [1.82, 2.24) is 0 Å². The Balaban J connectivity index is 0. The van der Waals surface area contributed by atoms with E-state index < -0.39 is 22.9 Å². The van der Waals surface area contributed by atoms with Gasteiger partial charge >= 0.3 is 0 Å². The average Bonchev–Trinajstić information content (AvgIpc) is 1.84. The van der Waals surface area contributed by atoms with E-state index in [1.165, 1.54) is 20.8 Å². The van der Waals surface area contributed by atoms with E-state index in [1.54, 1.807) is 0 Å². The Kier molecular flexibility index (Phi) is 5.21. The van der Waals surface area contributed by atoms with Crippen LogP contribution in [0.15, 0.2) is 0 Å². The number of carbonyl (C=O) groups is 3. The van der Waals surface area contributed by atoms with E-state index in [0.717, 1.165) is 0 Å². The van der Waals surface area contributed by atoms with Crippen molar-refractivity contribution in [2.45, 2.75) is 26.3 Å². The van der Waals surface area contributed by atoms with E-state index in [-0.39, 0.29) is 17.0 Å². The van der Waals surface area contributed by atoms with Gasteiger partial charge in [-0.1, -0.05) is 0 Å². The van der Waals surface area contributed by atoms with Crippen molar-refractivity contribution in [3.63, 3.8) is 0 Å². The highest BCUT2D eigenvalue weighted by molar-refractivity contribution is 6.25. The van der Waals surface area contributed by atoms with Crippen molar-refractivity contribution in [1.29, 1.82) is 0 Å². The molecule has 70 valence electrons. The lowest BCUT2D eigenvalue weighted by Crippen LogP contribution is -3.00. The maximum absolute atomic E-state index is 10.8. The van der Waals surface area contributed by atoms with Crippen LogP contribution >= 0.6 is 0 Å². The van der Waals surface area contributed by atoms with Crippen molar-refractivity contribution in [3.05, 3.63) is 0 Å². The molecule has 0 radical (unpaired) electrons. The summed E-state index contributed by atoms with van der Waals surface area (Å²) in [6, 6.07) is 0. The highest BCUT2D eigenvalue weighted by Gasteiger charge is 2.45. The molecule has 5 heteroatoms. The molecule has 0 atom stereocenters. The van der Waals surface area contributed by atoms with Crippen LogP contribution in [-0.2, 0) is 14.4 Å². The van der Waals surface area contributed by atoms with Gasteiger partial charge in [-0.05, 0) is 0 Å². The Morgan fingerprint density at radius 3 is 1.08 bits per heavy atom. The number of halogens is 1. The first-order valence-electron chi connectivity index (χ1n) is 3.22. The van der Waals surface area contributed by atoms with Gasteiger partial charge in [0.05, 0.1) is 0 Å². The van der Waals surface area contributed by atoms with Crippen LogP contribution in [-0.4, -0.2) is 22.9 Å². The molecule has 0 unspecified atom stereocenters. The van der Waals surface area contributed by atoms with Gasteiger partial charge in [-0.15, -0.1) is 0 Å². The van der Waals surface area contributed by atoms with Crippen molar-refractivity contribution in [3.8, 4) is 0 Å². The van der Waals surface area contributed by atoms with Crippen LogP contribution < -0.4 is 22.7 Å².